The summed E-state index contributed by atoms with van der Waals surface area (Å²) in [5.74, 6) is 1.15. The molecule has 1 aliphatic heterocycles. The fraction of sp³-hybridized carbons (Fsp3) is 0.304. The number of ether oxygens (including phenoxy) is 1. The molecule has 1 fully saturated rings. The summed E-state index contributed by atoms with van der Waals surface area (Å²) in [4.78, 5) is 27.6. The quantitative estimate of drug-likeness (QED) is 0.428. The lowest BCUT2D eigenvalue weighted by atomic mass is 10.1. The molecule has 0 atom stereocenters. The summed E-state index contributed by atoms with van der Waals surface area (Å²) in [5.41, 5.74) is 3.14. The molecule has 1 aromatic heterocycles. The van der Waals surface area contributed by atoms with Gasteiger partial charge in [-0.25, -0.2) is 0 Å². The maximum absolute atomic E-state index is 13.2. The highest BCUT2D eigenvalue weighted by atomic mass is 16.6. The molecule has 1 saturated heterocycles. The molecule has 0 unspecified atom stereocenters. The first-order chi connectivity index (χ1) is 15.4. The van der Waals surface area contributed by atoms with E-state index in [1.807, 2.05) is 26.0 Å². The Bertz CT molecular complexity index is 1100. The Morgan fingerprint density at radius 1 is 1.09 bits per heavy atom. The number of carbonyl (C=O) groups excluding carboxylic acids is 1. The van der Waals surface area contributed by atoms with Gasteiger partial charge in [-0.1, -0.05) is 17.3 Å². The molecule has 0 bridgehead atoms. The third-order valence-electron chi connectivity index (χ3n) is 5.66. The van der Waals surface area contributed by atoms with Crippen LogP contribution in [0.3, 0.4) is 0 Å². The van der Waals surface area contributed by atoms with Crippen LogP contribution in [0.5, 0.6) is 5.75 Å². The van der Waals surface area contributed by atoms with E-state index in [0.29, 0.717) is 43.3 Å². The number of non-ortho nitro benzene ring substituents is 1. The number of carbonyl (C=O) groups is 1. The summed E-state index contributed by atoms with van der Waals surface area (Å²) in [7, 11) is 0. The average Bonchev–Trinajstić information content (AvgIpc) is 3.14. The van der Waals surface area contributed by atoms with Gasteiger partial charge in [0.2, 0.25) is 0 Å². The lowest BCUT2D eigenvalue weighted by molar-refractivity contribution is -0.384. The minimum atomic E-state index is -0.411. The maximum atomic E-state index is 13.2. The molecule has 2 heterocycles. The Balaban J connectivity index is 1.40. The van der Waals surface area contributed by atoms with Gasteiger partial charge in [0, 0.05) is 44.0 Å². The van der Waals surface area contributed by atoms with Crippen molar-refractivity contribution < 1.29 is 19.0 Å². The third-order valence-corrected chi connectivity index (χ3v) is 5.66. The standard InChI is InChI=1S/C23H24N4O5/c1-16-21(17(2)32-24-16)15-31-22-6-4-3-5-20(22)23(28)26-13-11-25(12-14-26)18-7-9-19(10-8-18)27(29)30/h3-10H,11-15H2,1-2H3. The Morgan fingerprint density at radius 3 is 2.41 bits per heavy atom. The first-order valence-corrected chi connectivity index (χ1v) is 10.4. The average molecular weight is 436 g/mol. The summed E-state index contributed by atoms with van der Waals surface area (Å²) in [6.45, 7) is 6.36. The van der Waals surface area contributed by atoms with E-state index in [9.17, 15) is 14.9 Å². The number of hydrogen-bond acceptors (Lipinski definition) is 7. The van der Waals surface area contributed by atoms with Gasteiger partial charge < -0.3 is 19.1 Å². The van der Waals surface area contributed by atoms with Crippen molar-refractivity contribution in [1.29, 1.82) is 0 Å². The number of hydrogen-bond donors (Lipinski definition) is 0. The Kier molecular flexibility index (Phi) is 6.07. The molecular weight excluding hydrogens is 412 g/mol. The van der Waals surface area contributed by atoms with E-state index in [1.54, 1.807) is 29.2 Å². The Morgan fingerprint density at radius 2 is 1.78 bits per heavy atom. The highest BCUT2D eigenvalue weighted by molar-refractivity contribution is 5.97. The number of nitro groups is 1. The van der Waals surface area contributed by atoms with Gasteiger partial charge in [0.25, 0.3) is 11.6 Å². The highest BCUT2D eigenvalue weighted by Gasteiger charge is 2.25. The van der Waals surface area contributed by atoms with Crippen LogP contribution in [-0.4, -0.2) is 47.1 Å². The molecule has 0 N–H and O–H groups in total. The molecule has 3 aromatic rings. The molecule has 9 heteroatoms. The normalized spacial score (nSPS) is 13.8. The van der Waals surface area contributed by atoms with E-state index in [1.165, 1.54) is 12.1 Å². The summed E-state index contributed by atoms with van der Waals surface area (Å²) in [6, 6.07) is 13.7. The molecule has 9 nitrogen and oxygen atoms in total. The fourth-order valence-corrected chi connectivity index (χ4v) is 3.75. The van der Waals surface area contributed by atoms with Gasteiger partial charge in [-0.3, -0.25) is 14.9 Å². The number of aryl methyl sites for hydroxylation is 2. The van der Waals surface area contributed by atoms with Crippen LogP contribution in [0.4, 0.5) is 11.4 Å². The molecule has 32 heavy (non-hydrogen) atoms. The van der Waals surface area contributed by atoms with Crippen LogP contribution in [-0.2, 0) is 6.61 Å². The van der Waals surface area contributed by atoms with E-state index in [-0.39, 0.29) is 18.2 Å². The number of amides is 1. The van der Waals surface area contributed by atoms with Gasteiger partial charge in [-0.15, -0.1) is 0 Å². The van der Waals surface area contributed by atoms with Crippen molar-refractivity contribution in [2.75, 3.05) is 31.1 Å². The van der Waals surface area contributed by atoms with Gasteiger partial charge in [0.05, 0.1) is 21.7 Å². The first kappa shape index (κ1) is 21.4. The molecule has 0 aliphatic carbocycles. The van der Waals surface area contributed by atoms with E-state index in [2.05, 4.69) is 10.1 Å². The molecule has 166 valence electrons. The van der Waals surface area contributed by atoms with Crippen LogP contribution in [0, 0.1) is 24.0 Å². The zero-order valence-electron chi connectivity index (χ0n) is 18.0. The largest absolute Gasteiger partial charge is 0.488 e. The predicted molar refractivity (Wildman–Crippen MR) is 118 cm³/mol. The first-order valence-electron chi connectivity index (χ1n) is 10.4. The van der Waals surface area contributed by atoms with Crippen molar-refractivity contribution in [3.8, 4) is 5.75 Å². The van der Waals surface area contributed by atoms with Gasteiger partial charge in [0.15, 0.2) is 0 Å². The lowest BCUT2D eigenvalue weighted by Crippen LogP contribution is -2.48. The van der Waals surface area contributed by atoms with Gasteiger partial charge >= 0.3 is 0 Å². The minimum absolute atomic E-state index is 0.0655. The van der Waals surface area contributed by atoms with Gasteiger partial charge in [0.1, 0.15) is 18.1 Å². The van der Waals surface area contributed by atoms with Crippen LogP contribution in [0.1, 0.15) is 27.4 Å². The molecule has 0 saturated carbocycles. The number of benzene rings is 2. The van der Waals surface area contributed by atoms with E-state index < -0.39 is 4.92 Å². The molecule has 2 aromatic carbocycles. The highest BCUT2D eigenvalue weighted by Crippen LogP contribution is 2.25. The number of nitro benzene ring substituents is 1. The van der Waals surface area contributed by atoms with Gasteiger partial charge in [-0.05, 0) is 38.1 Å². The Hall–Kier alpha value is -3.88. The number of para-hydroxylation sites is 1. The lowest BCUT2D eigenvalue weighted by Gasteiger charge is -2.36. The topological polar surface area (TPSA) is 102 Å². The monoisotopic (exact) mass is 436 g/mol. The van der Waals surface area contributed by atoms with Crippen LogP contribution < -0.4 is 9.64 Å². The number of anilines is 1. The zero-order valence-corrected chi connectivity index (χ0v) is 18.0. The van der Waals surface area contributed by atoms with E-state index >= 15 is 0 Å². The second-order valence-electron chi connectivity index (χ2n) is 7.64. The van der Waals surface area contributed by atoms with Crippen molar-refractivity contribution in [1.82, 2.24) is 10.1 Å². The maximum Gasteiger partial charge on any atom is 0.269 e. The summed E-state index contributed by atoms with van der Waals surface area (Å²) < 4.78 is 11.1. The van der Waals surface area contributed by atoms with Crippen molar-refractivity contribution in [3.05, 3.63) is 81.2 Å². The summed E-state index contributed by atoms with van der Waals surface area (Å²) >= 11 is 0. The van der Waals surface area contributed by atoms with Crippen LogP contribution in [0.2, 0.25) is 0 Å². The molecule has 1 amide bonds. The molecule has 0 spiro atoms. The van der Waals surface area contributed by atoms with Crippen molar-refractivity contribution >= 4 is 17.3 Å². The number of piperazine rings is 1. The SMILES string of the molecule is Cc1noc(C)c1COc1ccccc1C(=O)N1CCN(c2ccc([N+](=O)[O-])cc2)CC1. The fourth-order valence-electron chi connectivity index (χ4n) is 3.75. The van der Waals surface area contributed by atoms with Crippen LogP contribution in [0.15, 0.2) is 53.1 Å². The Labute approximate surface area is 185 Å². The van der Waals surface area contributed by atoms with E-state index in [4.69, 9.17) is 9.26 Å². The van der Waals surface area contributed by atoms with Crippen molar-refractivity contribution in [2.24, 2.45) is 0 Å². The van der Waals surface area contributed by atoms with Gasteiger partial charge in [-0.2, -0.15) is 0 Å². The third kappa shape index (κ3) is 4.41. The molecule has 4 rings (SSSR count). The minimum Gasteiger partial charge on any atom is -0.488 e. The van der Waals surface area contributed by atoms with E-state index in [0.717, 1.165) is 16.9 Å². The smallest absolute Gasteiger partial charge is 0.269 e. The van der Waals surface area contributed by atoms with Crippen LogP contribution >= 0.6 is 0 Å². The molecule has 0 radical (unpaired) electrons. The van der Waals surface area contributed by atoms with Crippen molar-refractivity contribution in [2.45, 2.75) is 20.5 Å². The number of nitrogens with zero attached hydrogens (tertiary/aromatic N) is 4. The molecule has 1 aliphatic rings. The number of aromatic nitrogens is 1. The summed E-state index contributed by atoms with van der Waals surface area (Å²) in [5, 5.41) is 14.8. The number of rotatable bonds is 6. The van der Waals surface area contributed by atoms with Crippen LogP contribution in [0.25, 0.3) is 0 Å². The zero-order chi connectivity index (χ0) is 22.7. The molecular formula is C23H24N4O5. The predicted octanol–water partition coefficient (Wildman–Crippen LogP) is 3.74. The van der Waals surface area contributed by atoms with Crippen molar-refractivity contribution in [3.63, 3.8) is 0 Å². The summed E-state index contributed by atoms with van der Waals surface area (Å²) in [6.07, 6.45) is 0. The second kappa shape index (κ2) is 9.09. The second-order valence-corrected chi connectivity index (χ2v) is 7.64.